The van der Waals surface area contributed by atoms with Crippen LogP contribution in [0.5, 0.6) is 0 Å². The molecule has 1 heterocycles. The second kappa shape index (κ2) is 6.52. The van der Waals surface area contributed by atoms with E-state index in [1.165, 1.54) is 0 Å². The number of imide groups is 1. The molecule has 1 unspecified atom stereocenters. The Hall–Kier alpha value is -1.88. The van der Waals surface area contributed by atoms with Gasteiger partial charge in [-0.15, -0.1) is 0 Å². The van der Waals surface area contributed by atoms with Gasteiger partial charge >= 0.3 is 0 Å². The fraction of sp³-hybridized carbons (Fsp3) is 0.467. The SMILES string of the molecule is CCCNCc1ccccc1N1CC(=O)NC(=O)C1C. The Morgan fingerprint density at radius 2 is 2.10 bits per heavy atom. The van der Waals surface area contributed by atoms with Crippen LogP contribution in [0.15, 0.2) is 24.3 Å². The summed E-state index contributed by atoms with van der Waals surface area (Å²) in [5, 5.41) is 5.72. The normalized spacial score (nSPS) is 19.1. The molecule has 20 heavy (non-hydrogen) atoms. The molecule has 5 heteroatoms. The Balaban J connectivity index is 2.22. The lowest BCUT2D eigenvalue weighted by atomic mass is 10.1. The van der Waals surface area contributed by atoms with Crippen LogP contribution in [0.4, 0.5) is 5.69 Å². The van der Waals surface area contributed by atoms with Crippen LogP contribution in [0, 0.1) is 0 Å². The highest BCUT2D eigenvalue weighted by atomic mass is 16.2. The zero-order valence-electron chi connectivity index (χ0n) is 12.0. The van der Waals surface area contributed by atoms with Crippen molar-refractivity contribution in [3.05, 3.63) is 29.8 Å². The van der Waals surface area contributed by atoms with E-state index in [1.807, 2.05) is 36.1 Å². The molecular weight excluding hydrogens is 254 g/mol. The predicted octanol–water partition coefficient (Wildman–Crippen LogP) is 1.04. The molecule has 2 amide bonds. The summed E-state index contributed by atoms with van der Waals surface area (Å²) in [4.78, 5) is 25.2. The van der Waals surface area contributed by atoms with Crippen molar-refractivity contribution < 1.29 is 9.59 Å². The number of piperazine rings is 1. The molecular formula is C15H21N3O2. The number of para-hydroxylation sites is 1. The van der Waals surface area contributed by atoms with Crippen LogP contribution in [0.25, 0.3) is 0 Å². The van der Waals surface area contributed by atoms with E-state index in [0.29, 0.717) is 0 Å². The fourth-order valence-corrected chi connectivity index (χ4v) is 2.35. The topological polar surface area (TPSA) is 61.4 Å². The average Bonchev–Trinajstić information content (AvgIpc) is 2.44. The number of hydrogen-bond acceptors (Lipinski definition) is 4. The third kappa shape index (κ3) is 3.17. The molecule has 1 atom stereocenters. The fourth-order valence-electron chi connectivity index (χ4n) is 2.35. The number of nitrogens with zero attached hydrogens (tertiary/aromatic N) is 1. The molecule has 0 aromatic heterocycles. The summed E-state index contributed by atoms with van der Waals surface area (Å²) in [5.41, 5.74) is 2.06. The standard InChI is InChI=1S/C15H21N3O2/c1-3-8-16-9-12-6-4-5-7-13(12)18-10-14(19)17-15(20)11(18)2/h4-7,11,16H,3,8-10H2,1-2H3,(H,17,19,20). The minimum Gasteiger partial charge on any atom is -0.350 e. The summed E-state index contributed by atoms with van der Waals surface area (Å²) in [6.07, 6.45) is 1.07. The summed E-state index contributed by atoms with van der Waals surface area (Å²) in [5.74, 6) is -0.484. The third-order valence-corrected chi connectivity index (χ3v) is 3.47. The van der Waals surface area contributed by atoms with Crippen molar-refractivity contribution in [1.82, 2.24) is 10.6 Å². The minimum absolute atomic E-state index is 0.220. The first-order valence-electron chi connectivity index (χ1n) is 7.02. The van der Waals surface area contributed by atoms with Gasteiger partial charge in [0, 0.05) is 12.2 Å². The molecule has 0 aliphatic carbocycles. The van der Waals surface area contributed by atoms with Gasteiger partial charge in [0.25, 0.3) is 0 Å². The zero-order chi connectivity index (χ0) is 14.5. The molecule has 2 rings (SSSR count). The smallest absolute Gasteiger partial charge is 0.249 e. The van der Waals surface area contributed by atoms with E-state index in [0.717, 1.165) is 30.8 Å². The van der Waals surface area contributed by atoms with Crippen LogP contribution in [0.1, 0.15) is 25.8 Å². The Morgan fingerprint density at radius 1 is 1.35 bits per heavy atom. The molecule has 1 aromatic carbocycles. The molecule has 108 valence electrons. The molecule has 0 spiro atoms. The lowest BCUT2D eigenvalue weighted by Gasteiger charge is -2.34. The molecule has 2 N–H and O–H groups in total. The number of carbonyl (C=O) groups excluding carboxylic acids is 2. The number of hydrogen-bond donors (Lipinski definition) is 2. The van der Waals surface area contributed by atoms with Gasteiger partial charge in [0.15, 0.2) is 0 Å². The second-order valence-electron chi connectivity index (χ2n) is 5.02. The highest BCUT2D eigenvalue weighted by Gasteiger charge is 2.31. The van der Waals surface area contributed by atoms with E-state index in [-0.39, 0.29) is 24.4 Å². The Morgan fingerprint density at radius 3 is 2.85 bits per heavy atom. The van der Waals surface area contributed by atoms with Crippen LogP contribution in [0.2, 0.25) is 0 Å². The van der Waals surface area contributed by atoms with Crippen LogP contribution >= 0.6 is 0 Å². The van der Waals surface area contributed by atoms with Gasteiger partial charge in [-0.25, -0.2) is 0 Å². The number of rotatable bonds is 5. The Kier molecular flexibility index (Phi) is 4.74. The molecule has 1 aromatic rings. The monoisotopic (exact) mass is 275 g/mol. The molecule has 0 bridgehead atoms. The van der Waals surface area contributed by atoms with Crippen molar-refractivity contribution in [2.24, 2.45) is 0 Å². The first-order valence-corrected chi connectivity index (χ1v) is 7.02. The molecule has 5 nitrogen and oxygen atoms in total. The lowest BCUT2D eigenvalue weighted by Crippen LogP contribution is -2.57. The summed E-state index contributed by atoms with van der Waals surface area (Å²) in [6, 6.07) is 7.57. The van der Waals surface area contributed by atoms with Crippen LogP contribution in [-0.2, 0) is 16.1 Å². The Labute approximate surface area is 119 Å². The molecule has 1 fully saturated rings. The van der Waals surface area contributed by atoms with E-state index in [1.54, 1.807) is 0 Å². The van der Waals surface area contributed by atoms with E-state index >= 15 is 0 Å². The van der Waals surface area contributed by atoms with E-state index in [2.05, 4.69) is 17.6 Å². The highest BCUT2D eigenvalue weighted by Crippen LogP contribution is 2.23. The minimum atomic E-state index is -0.333. The summed E-state index contributed by atoms with van der Waals surface area (Å²) in [7, 11) is 0. The maximum absolute atomic E-state index is 11.8. The second-order valence-corrected chi connectivity index (χ2v) is 5.02. The van der Waals surface area contributed by atoms with E-state index < -0.39 is 0 Å². The number of anilines is 1. The van der Waals surface area contributed by atoms with Crippen molar-refractivity contribution in [2.45, 2.75) is 32.9 Å². The van der Waals surface area contributed by atoms with Gasteiger partial charge in [-0.2, -0.15) is 0 Å². The van der Waals surface area contributed by atoms with Gasteiger partial charge in [-0.3, -0.25) is 14.9 Å². The quantitative estimate of drug-likeness (QED) is 0.622. The maximum atomic E-state index is 11.8. The van der Waals surface area contributed by atoms with Crippen molar-refractivity contribution in [3.8, 4) is 0 Å². The maximum Gasteiger partial charge on any atom is 0.249 e. The molecule has 1 saturated heterocycles. The third-order valence-electron chi connectivity index (χ3n) is 3.47. The highest BCUT2D eigenvalue weighted by molar-refractivity contribution is 6.04. The predicted molar refractivity (Wildman–Crippen MR) is 78.4 cm³/mol. The van der Waals surface area contributed by atoms with Crippen molar-refractivity contribution in [3.63, 3.8) is 0 Å². The number of carbonyl (C=O) groups is 2. The first kappa shape index (κ1) is 14.5. The van der Waals surface area contributed by atoms with E-state index in [9.17, 15) is 9.59 Å². The van der Waals surface area contributed by atoms with Gasteiger partial charge in [-0.05, 0) is 31.5 Å². The number of benzene rings is 1. The van der Waals surface area contributed by atoms with Crippen LogP contribution in [0.3, 0.4) is 0 Å². The summed E-state index contributed by atoms with van der Waals surface area (Å²) in [6.45, 7) is 5.84. The Bertz CT molecular complexity index is 502. The average molecular weight is 275 g/mol. The van der Waals surface area contributed by atoms with Gasteiger partial charge in [0.1, 0.15) is 6.04 Å². The van der Waals surface area contributed by atoms with Gasteiger partial charge in [-0.1, -0.05) is 25.1 Å². The van der Waals surface area contributed by atoms with Crippen molar-refractivity contribution >= 4 is 17.5 Å². The molecule has 1 aliphatic heterocycles. The molecule has 1 aliphatic rings. The first-order chi connectivity index (χ1) is 9.63. The zero-order valence-corrected chi connectivity index (χ0v) is 12.0. The molecule has 0 radical (unpaired) electrons. The van der Waals surface area contributed by atoms with E-state index in [4.69, 9.17) is 0 Å². The van der Waals surface area contributed by atoms with Crippen molar-refractivity contribution in [1.29, 1.82) is 0 Å². The van der Waals surface area contributed by atoms with Gasteiger partial charge in [0.05, 0.1) is 6.54 Å². The largest absolute Gasteiger partial charge is 0.350 e. The van der Waals surface area contributed by atoms with Gasteiger partial charge < -0.3 is 10.2 Å². The molecule has 0 saturated carbocycles. The van der Waals surface area contributed by atoms with Gasteiger partial charge in [0.2, 0.25) is 11.8 Å². The lowest BCUT2D eigenvalue weighted by molar-refractivity contribution is -0.132. The van der Waals surface area contributed by atoms with Crippen molar-refractivity contribution in [2.75, 3.05) is 18.0 Å². The number of amides is 2. The number of nitrogens with one attached hydrogen (secondary N) is 2. The summed E-state index contributed by atoms with van der Waals surface area (Å²) < 4.78 is 0. The van der Waals surface area contributed by atoms with Crippen LogP contribution in [-0.4, -0.2) is 30.9 Å². The van der Waals surface area contributed by atoms with Crippen LogP contribution < -0.4 is 15.5 Å². The summed E-state index contributed by atoms with van der Waals surface area (Å²) >= 11 is 0.